The average Bonchev–Trinajstić information content (AvgIpc) is 3.05. The van der Waals surface area contributed by atoms with Crippen LogP contribution < -0.4 is 5.32 Å². The monoisotopic (exact) mass is 358 g/mol. The smallest absolute Gasteiger partial charge is 0.337 e. The average molecular weight is 358 g/mol. The third-order valence-electron chi connectivity index (χ3n) is 4.44. The SMILES string of the molecule is COC(=O)c1ccc(NC(=O)N2CCCCCC2c2cccs2)cc1. The molecule has 1 fully saturated rings. The number of thiophene rings is 1. The van der Waals surface area contributed by atoms with Crippen LogP contribution in [0.1, 0.15) is 47.0 Å². The van der Waals surface area contributed by atoms with Crippen LogP contribution in [0.25, 0.3) is 0 Å². The Morgan fingerprint density at radius 1 is 1.16 bits per heavy atom. The van der Waals surface area contributed by atoms with Crippen LogP contribution in [0.4, 0.5) is 10.5 Å². The van der Waals surface area contributed by atoms with Crippen molar-refractivity contribution in [3.63, 3.8) is 0 Å². The van der Waals surface area contributed by atoms with Crippen molar-refractivity contribution >= 4 is 29.0 Å². The summed E-state index contributed by atoms with van der Waals surface area (Å²) in [5.41, 5.74) is 1.14. The third-order valence-corrected chi connectivity index (χ3v) is 5.42. The molecule has 5 nitrogen and oxygen atoms in total. The number of carbonyl (C=O) groups excluding carboxylic acids is 2. The van der Waals surface area contributed by atoms with Crippen LogP contribution in [0, 0.1) is 0 Å². The minimum atomic E-state index is -0.386. The highest BCUT2D eigenvalue weighted by Crippen LogP contribution is 2.33. The Kier molecular flexibility index (Phi) is 5.71. The molecule has 0 bridgehead atoms. The van der Waals surface area contributed by atoms with E-state index in [0.717, 1.165) is 32.2 Å². The second-order valence-electron chi connectivity index (χ2n) is 6.07. The Hall–Kier alpha value is -2.34. The van der Waals surface area contributed by atoms with Crippen LogP contribution >= 0.6 is 11.3 Å². The van der Waals surface area contributed by atoms with Crippen molar-refractivity contribution in [2.75, 3.05) is 19.0 Å². The standard InChI is InChI=1S/C19H22N2O3S/c1-24-18(22)14-8-10-15(11-9-14)20-19(23)21-12-4-2-3-6-16(21)17-7-5-13-25-17/h5,7-11,13,16H,2-4,6,12H2,1H3,(H,20,23). The molecule has 1 aliphatic rings. The van der Waals surface area contributed by atoms with Gasteiger partial charge in [-0.25, -0.2) is 9.59 Å². The number of hydrogen-bond acceptors (Lipinski definition) is 4. The van der Waals surface area contributed by atoms with E-state index in [1.807, 2.05) is 11.0 Å². The quantitative estimate of drug-likeness (QED) is 0.810. The molecule has 1 aliphatic heterocycles. The summed E-state index contributed by atoms with van der Waals surface area (Å²) < 4.78 is 4.69. The van der Waals surface area contributed by atoms with E-state index in [1.54, 1.807) is 35.6 Å². The number of anilines is 1. The first-order chi connectivity index (χ1) is 12.2. The van der Waals surface area contributed by atoms with E-state index in [-0.39, 0.29) is 18.0 Å². The molecule has 1 atom stereocenters. The minimum Gasteiger partial charge on any atom is -0.465 e. The molecule has 1 unspecified atom stereocenters. The molecule has 1 aromatic carbocycles. The number of esters is 1. The number of urea groups is 1. The van der Waals surface area contributed by atoms with Crippen LogP contribution in [0.5, 0.6) is 0 Å². The van der Waals surface area contributed by atoms with Crippen LogP contribution in [-0.4, -0.2) is 30.6 Å². The molecule has 0 saturated carbocycles. The van der Waals surface area contributed by atoms with Crippen LogP contribution in [-0.2, 0) is 4.74 Å². The molecule has 2 amide bonds. The number of ether oxygens (including phenoxy) is 1. The van der Waals surface area contributed by atoms with E-state index >= 15 is 0 Å². The summed E-state index contributed by atoms with van der Waals surface area (Å²) in [4.78, 5) is 27.5. The lowest BCUT2D eigenvalue weighted by atomic mass is 10.1. The summed E-state index contributed by atoms with van der Waals surface area (Å²) in [5, 5.41) is 5.01. The lowest BCUT2D eigenvalue weighted by Crippen LogP contribution is -2.37. The van der Waals surface area contributed by atoms with Crippen molar-refractivity contribution in [2.24, 2.45) is 0 Å². The van der Waals surface area contributed by atoms with E-state index in [9.17, 15) is 9.59 Å². The molecule has 2 aromatic rings. The van der Waals surface area contributed by atoms with E-state index in [2.05, 4.69) is 21.5 Å². The number of rotatable bonds is 3. The van der Waals surface area contributed by atoms with E-state index in [1.165, 1.54) is 12.0 Å². The summed E-state index contributed by atoms with van der Waals surface area (Å²) >= 11 is 1.70. The van der Waals surface area contributed by atoms with E-state index in [4.69, 9.17) is 0 Å². The zero-order chi connectivity index (χ0) is 17.6. The molecule has 1 aromatic heterocycles. The van der Waals surface area contributed by atoms with E-state index in [0.29, 0.717) is 11.3 Å². The number of methoxy groups -OCH3 is 1. The van der Waals surface area contributed by atoms with Gasteiger partial charge in [0, 0.05) is 17.1 Å². The zero-order valence-corrected chi connectivity index (χ0v) is 15.1. The highest BCUT2D eigenvalue weighted by molar-refractivity contribution is 7.10. The van der Waals surface area contributed by atoms with Gasteiger partial charge in [0.2, 0.25) is 0 Å². The van der Waals surface area contributed by atoms with Gasteiger partial charge >= 0.3 is 12.0 Å². The van der Waals surface area contributed by atoms with Crippen LogP contribution in [0.3, 0.4) is 0 Å². The number of benzene rings is 1. The maximum Gasteiger partial charge on any atom is 0.337 e. The molecular formula is C19H22N2O3S. The largest absolute Gasteiger partial charge is 0.465 e. The Morgan fingerprint density at radius 2 is 1.96 bits per heavy atom. The minimum absolute atomic E-state index is 0.0916. The van der Waals surface area contributed by atoms with Gasteiger partial charge in [-0.2, -0.15) is 0 Å². The van der Waals surface area contributed by atoms with Crippen LogP contribution in [0.2, 0.25) is 0 Å². The first-order valence-electron chi connectivity index (χ1n) is 8.48. The van der Waals surface area contributed by atoms with Gasteiger partial charge in [-0.1, -0.05) is 18.9 Å². The fourth-order valence-electron chi connectivity index (χ4n) is 3.13. The van der Waals surface area contributed by atoms with Crippen molar-refractivity contribution in [1.82, 2.24) is 4.90 Å². The number of nitrogens with one attached hydrogen (secondary N) is 1. The van der Waals surface area contributed by atoms with Gasteiger partial charge in [-0.3, -0.25) is 0 Å². The van der Waals surface area contributed by atoms with Crippen molar-refractivity contribution in [3.8, 4) is 0 Å². The fourth-order valence-corrected chi connectivity index (χ4v) is 4.00. The van der Waals surface area contributed by atoms with Crippen LogP contribution in [0.15, 0.2) is 41.8 Å². The topological polar surface area (TPSA) is 58.6 Å². The lowest BCUT2D eigenvalue weighted by Gasteiger charge is -2.29. The molecule has 132 valence electrons. The molecule has 25 heavy (non-hydrogen) atoms. The second kappa shape index (κ2) is 8.16. The molecule has 6 heteroatoms. The van der Waals surface area contributed by atoms with Gasteiger partial charge in [-0.15, -0.1) is 11.3 Å². The maximum atomic E-state index is 12.8. The van der Waals surface area contributed by atoms with Crippen molar-refractivity contribution in [1.29, 1.82) is 0 Å². The molecule has 0 spiro atoms. The number of amides is 2. The third kappa shape index (κ3) is 4.20. The number of hydrogen-bond donors (Lipinski definition) is 1. The van der Waals surface area contributed by atoms with Gasteiger partial charge in [-0.05, 0) is 48.6 Å². The summed E-state index contributed by atoms with van der Waals surface area (Å²) in [6, 6.07) is 10.9. The number of nitrogens with zero attached hydrogens (tertiary/aromatic N) is 1. The van der Waals surface area contributed by atoms with Gasteiger partial charge < -0.3 is 15.0 Å². The summed E-state index contributed by atoms with van der Waals surface area (Å²) in [6.45, 7) is 0.759. The molecular weight excluding hydrogens is 336 g/mol. The Labute approximate surface area is 151 Å². The fraction of sp³-hybridized carbons (Fsp3) is 0.368. The van der Waals surface area contributed by atoms with Crippen molar-refractivity contribution in [3.05, 3.63) is 52.2 Å². The van der Waals surface area contributed by atoms with Gasteiger partial charge in [0.05, 0.1) is 18.7 Å². The van der Waals surface area contributed by atoms with Gasteiger partial charge in [0.15, 0.2) is 0 Å². The molecule has 0 radical (unpaired) electrons. The second-order valence-corrected chi connectivity index (χ2v) is 7.05. The lowest BCUT2D eigenvalue weighted by molar-refractivity contribution is 0.0600. The van der Waals surface area contributed by atoms with Crippen molar-refractivity contribution in [2.45, 2.75) is 31.7 Å². The highest BCUT2D eigenvalue weighted by Gasteiger charge is 2.27. The predicted molar refractivity (Wildman–Crippen MR) is 99.0 cm³/mol. The first-order valence-corrected chi connectivity index (χ1v) is 9.36. The number of likely N-dealkylation sites (tertiary alicyclic amines) is 1. The van der Waals surface area contributed by atoms with E-state index < -0.39 is 0 Å². The normalized spacial score (nSPS) is 17.6. The van der Waals surface area contributed by atoms with Gasteiger partial charge in [0.1, 0.15) is 0 Å². The highest BCUT2D eigenvalue weighted by atomic mass is 32.1. The van der Waals surface area contributed by atoms with Gasteiger partial charge in [0.25, 0.3) is 0 Å². The Morgan fingerprint density at radius 3 is 2.64 bits per heavy atom. The zero-order valence-electron chi connectivity index (χ0n) is 14.2. The molecule has 3 rings (SSSR count). The Balaban J connectivity index is 1.72. The summed E-state index contributed by atoms with van der Waals surface area (Å²) in [6.07, 6.45) is 4.31. The first kappa shape index (κ1) is 17.5. The molecule has 1 saturated heterocycles. The number of carbonyl (C=O) groups is 2. The van der Waals surface area contributed by atoms with Crippen molar-refractivity contribution < 1.29 is 14.3 Å². The molecule has 0 aliphatic carbocycles. The maximum absolute atomic E-state index is 12.8. The molecule has 2 heterocycles. The Bertz CT molecular complexity index is 713. The molecule has 1 N–H and O–H groups in total. The predicted octanol–water partition coefficient (Wildman–Crippen LogP) is 4.68. The summed E-state index contributed by atoms with van der Waals surface area (Å²) in [7, 11) is 1.35. The summed E-state index contributed by atoms with van der Waals surface area (Å²) in [5.74, 6) is -0.386.